The van der Waals surface area contributed by atoms with Gasteiger partial charge in [0.15, 0.2) is 5.76 Å². The van der Waals surface area contributed by atoms with E-state index in [2.05, 4.69) is 0 Å². The van der Waals surface area contributed by atoms with E-state index in [1.54, 1.807) is 60.8 Å². The molecule has 1 atom stereocenters. The van der Waals surface area contributed by atoms with Crippen molar-refractivity contribution in [3.05, 3.63) is 99.4 Å². The molecule has 1 N–H and O–H groups in total. The fourth-order valence-electron chi connectivity index (χ4n) is 3.57. The summed E-state index contributed by atoms with van der Waals surface area (Å²) in [5.74, 6) is -2.09. The molecule has 6 nitrogen and oxygen atoms in total. The molecule has 3 aromatic rings. The van der Waals surface area contributed by atoms with Crippen molar-refractivity contribution in [2.75, 3.05) is 11.5 Å². The minimum absolute atomic E-state index is 0.0353. The lowest BCUT2D eigenvalue weighted by molar-refractivity contribution is -0.117. The van der Waals surface area contributed by atoms with Crippen LogP contribution in [0.1, 0.15) is 38.6 Å². The molecule has 1 aliphatic heterocycles. The van der Waals surface area contributed by atoms with E-state index in [-0.39, 0.29) is 18.0 Å². The predicted octanol–water partition coefficient (Wildman–Crippen LogP) is 4.71. The Hall–Kier alpha value is -3.71. The number of aliphatic hydroxyl groups is 1. The number of carbonyl (C=O) groups excluding carboxylic acids is 3. The fourth-order valence-corrected chi connectivity index (χ4v) is 4.25. The number of ketones is 1. The number of ether oxygens (including phenoxy) is 1. The third kappa shape index (κ3) is 3.75. The summed E-state index contributed by atoms with van der Waals surface area (Å²) >= 11 is 1.25. The molecule has 31 heavy (non-hydrogen) atoms. The number of Topliss-reactive ketones (excluding diaryl/α,β-unsaturated/α-hetero) is 1. The van der Waals surface area contributed by atoms with Crippen LogP contribution >= 0.6 is 11.3 Å². The van der Waals surface area contributed by atoms with Crippen molar-refractivity contribution in [1.82, 2.24) is 0 Å². The predicted molar refractivity (Wildman–Crippen MR) is 117 cm³/mol. The van der Waals surface area contributed by atoms with Crippen LogP contribution in [0.15, 0.2) is 83.4 Å². The molecular formula is C24H19NO5S. The number of amides is 1. The number of benzene rings is 2. The number of aliphatic hydroxyl groups excluding tert-OH is 1. The number of hydrogen-bond acceptors (Lipinski definition) is 6. The minimum atomic E-state index is -0.795. The lowest BCUT2D eigenvalue weighted by atomic mass is 9.95. The Kier molecular flexibility index (Phi) is 5.68. The molecule has 0 aliphatic carbocycles. The molecule has 2 heterocycles. The molecule has 0 radical (unpaired) electrons. The maximum atomic E-state index is 13.2. The first-order chi connectivity index (χ1) is 15.0. The monoisotopic (exact) mass is 433 g/mol. The largest absolute Gasteiger partial charge is 0.503 e. The first-order valence-electron chi connectivity index (χ1n) is 9.70. The summed E-state index contributed by atoms with van der Waals surface area (Å²) in [6.45, 7) is 1.98. The van der Waals surface area contributed by atoms with E-state index in [1.165, 1.54) is 16.2 Å². The Labute approximate surface area is 183 Å². The number of thiophene rings is 1. The number of carbonyl (C=O) groups is 3. The molecule has 2 aromatic carbocycles. The van der Waals surface area contributed by atoms with Gasteiger partial charge >= 0.3 is 5.97 Å². The number of esters is 1. The van der Waals surface area contributed by atoms with E-state index in [0.717, 1.165) is 0 Å². The van der Waals surface area contributed by atoms with E-state index in [1.807, 2.05) is 18.2 Å². The molecule has 1 unspecified atom stereocenters. The smallest absolute Gasteiger partial charge is 0.338 e. The van der Waals surface area contributed by atoms with Crippen molar-refractivity contribution in [2.24, 2.45) is 0 Å². The van der Waals surface area contributed by atoms with Crippen LogP contribution in [-0.4, -0.2) is 29.4 Å². The second-order valence-corrected chi connectivity index (χ2v) is 7.77. The Morgan fingerprint density at radius 1 is 1.03 bits per heavy atom. The summed E-state index contributed by atoms with van der Waals surface area (Å²) in [6.07, 6.45) is 0. The normalized spacial score (nSPS) is 16.0. The molecule has 1 aromatic heterocycles. The molecule has 1 amide bonds. The van der Waals surface area contributed by atoms with Crippen molar-refractivity contribution in [3.63, 3.8) is 0 Å². The van der Waals surface area contributed by atoms with Crippen LogP contribution in [0, 0.1) is 0 Å². The Balaban J connectivity index is 1.78. The number of nitrogens with zero attached hydrogens (tertiary/aromatic N) is 1. The van der Waals surface area contributed by atoms with Gasteiger partial charge in [-0.25, -0.2) is 4.79 Å². The van der Waals surface area contributed by atoms with Gasteiger partial charge in [-0.05, 0) is 48.2 Å². The highest BCUT2D eigenvalue weighted by molar-refractivity contribution is 7.12. The van der Waals surface area contributed by atoms with Crippen LogP contribution in [0.5, 0.6) is 0 Å². The third-order valence-electron chi connectivity index (χ3n) is 4.97. The zero-order valence-electron chi connectivity index (χ0n) is 16.6. The average molecular weight is 433 g/mol. The van der Waals surface area contributed by atoms with Crippen molar-refractivity contribution in [1.29, 1.82) is 0 Å². The summed E-state index contributed by atoms with van der Waals surface area (Å²) in [7, 11) is 0. The number of hydrogen-bond donors (Lipinski definition) is 1. The average Bonchev–Trinajstić information content (AvgIpc) is 3.42. The molecule has 0 bridgehead atoms. The standard InChI is InChI=1S/C24H19NO5S/c1-2-30-24(29)16-10-12-17(13-11-16)25-20(15-7-4-3-5-8-15)19(22(27)23(25)28)21(26)18-9-6-14-31-18/h3-14,20,27H,2H2,1H3. The number of anilines is 1. The highest BCUT2D eigenvalue weighted by Crippen LogP contribution is 2.42. The van der Waals surface area contributed by atoms with Gasteiger partial charge in [0.1, 0.15) is 0 Å². The van der Waals surface area contributed by atoms with Gasteiger partial charge in [0, 0.05) is 5.69 Å². The Bertz CT molecular complexity index is 1150. The lowest BCUT2D eigenvalue weighted by Gasteiger charge is -2.27. The van der Waals surface area contributed by atoms with E-state index < -0.39 is 23.7 Å². The SMILES string of the molecule is CCOC(=O)c1ccc(N2C(=O)C(O)=C(C(=O)c3cccs3)C2c2ccccc2)cc1. The van der Waals surface area contributed by atoms with Crippen LogP contribution in [-0.2, 0) is 9.53 Å². The molecule has 1 aliphatic rings. The molecular weight excluding hydrogens is 414 g/mol. The van der Waals surface area contributed by atoms with E-state index in [0.29, 0.717) is 21.7 Å². The summed E-state index contributed by atoms with van der Waals surface area (Å²) in [5, 5.41) is 12.5. The minimum Gasteiger partial charge on any atom is -0.503 e. The van der Waals surface area contributed by atoms with E-state index in [9.17, 15) is 19.5 Å². The van der Waals surface area contributed by atoms with Gasteiger partial charge in [-0.1, -0.05) is 36.4 Å². The molecule has 4 rings (SSSR count). The van der Waals surface area contributed by atoms with Gasteiger partial charge in [0.25, 0.3) is 5.91 Å². The number of rotatable bonds is 6. The molecule has 0 saturated carbocycles. The lowest BCUT2D eigenvalue weighted by Crippen LogP contribution is -2.31. The van der Waals surface area contributed by atoms with Crippen molar-refractivity contribution in [2.45, 2.75) is 13.0 Å². The molecule has 156 valence electrons. The summed E-state index contributed by atoms with van der Waals surface area (Å²) in [6, 6.07) is 18.0. The fraction of sp³-hybridized carbons (Fsp3) is 0.125. The Morgan fingerprint density at radius 3 is 2.35 bits per heavy atom. The van der Waals surface area contributed by atoms with Gasteiger partial charge in [-0.2, -0.15) is 0 Å². The maximum Gasteiger partial charge on any atom is 0.338 e. The molecule has 0 spiro atoms. The second-order valence-electron chi connectivity index (χ2n) is 6.82. The van der Waals surface area contributed by atoms with Gasteiger partial charge in [-0.15, -0.1) is 11.3 Å². The van der Waals surface area contributed by atoms with Crippen molar-refractivity contribution >= 4 is 34.7 Å². The quantitative estimate of drug-likeness (QED) is 0.450. The Morgan fingerprint density at radius 2 is 1.74 bits per heavy atom. The summed E-state index contributed by atoms with van der Waals surface area (Å²) in [4.78, 5) is 40.0. The zero-order valence-corrected chi connectivity index (χ0v) is 17.5. The molecule has 0 saturated heterocycles. The van der Waals surface area contributed by atoms with Gasteiger partial charge in [-0.3, -0.25) is 14.5 Å². The summed E-state index contributed by atoms with van der Waals surface area (Å²) in [5.41, 5.74) is 1.52. The van der Waals surface area contributed by atoms with Crippen LogP contribution < -0.4 is 4.90 Å². The first-order valence-corrected chi connectivity index (χ1v) is 10.6. The summed E-state index contributed by atoms with van der Waals surface area (Å²) < 4.78 is 5.00. The zero-order chi connectivity index (χ0) is 22.0. The van der Waals surface area contributed by atoms with Crippen molar-refractivity contribution < 1.29 is 24.2 Å². The molecule has 0 fully saturated rings. The highest BCUT2D eigenvalue weighted by atomic mass is 32.1. The van der Waals surface area contributed by atoms with Gasteiger partial charge in [0.05, 0.1) is 28.7 Å². The topological polar surface area (TPSA) is 83.9 Å². The van der Waals surface area contributed by atoms with E-state index in [4.69, 9.17) is 4.74 Å². The second kappa shape index (κ2) is 8.57. The van der Waals surface area contributed by atoms with Crippen LogP contribution in [0.3, 0.4) is 0 Å². The van der Waals surface area contributed by atoms with Crippen LogP contribution in [0.25, 0.3) is 0 Å². The first kappa shape index (κ1) is 20.6. The highest BCUT2D eigenvalue weighted by Gasteiger charge is 2.44. The third-order valence-corrected chi connectivity index (χ3v) is 5.84. The maximum absolute atomic E-state index is 13.2. The molecule has 7 heteroatoms. The van der Waals surface area contributed by atoms with Crippen molar-refractivity contribution in [3.8, 4) is 0 Å². The van der Waals surface area contributed by atoms with Gasteiger partial charge < -0.3 is 9.84 Å². The van der Waals surface area contributed by atoms with E-state index >= 15 is 0 Å². The van der Waals surface area contributed by atoms with Crippen LogP contribution in [0.2, 0.25) is 0 Å². The van der Waals surface area contributed by atoms with Gasteiger partial charge in [0.2, 0.25) is 5.78 Å². The van der Waals surface area contributed by atoms with Crippen LogP contribution in [0.4, 0.5) is 5.69 Å².